The first-order chi connectivity index (χ1) is 11.7. The number of aromatic nitrogens is 1. The van der Waals surface area contributed by atoms with E-state index in [0.29, 0.717) is 28.7 Å². The van der Waals surface area contributed by atoms with Crippen LogP contribution < -0.4 is 9.47 Å². The average Bonchev–Trinajstić information content (AvgIpc) is 3.14. The lowest BCUT2D eigenvalue weighted by Gasteiger charge is -2.09. The Labute approximate surface area is 143 Å². The number of methoxy groups -OCH3 is 2. The monoisotopic (exact) mass is 341 g/mol. The van der Waals surface area contributed by atoms with Gasteiger partial charge < -0.3 is 13.9 Å². The molecule has 0 saturated heterocycles. The summed E-state index contributed by atoms with van der Waals surface area (Å²) in [4.78, 5) is 17.1. The van der Waals surface area contributed by atoms with E-state index in [2.05, 4.69) is 4.98 Å². The van der Waals surface area contributed by atoms with Gasteiger partial charge in [-0.2, -0.15) is 0 Å². The number of carbonyl (C=O) groups excluding carboxylic acids is 1. The predicted octanol–water partition coefficient (Wildman–Crippen LogP) is 3.74. The van der Waals surface area contributed by atoms with Crippen LogP contribution in [0.4, 0.5) is 0 Å². The molecule has 1 atom stereocenters. The Morgan fingerprint density at radius 3 is 2.67 bits per heavy atom. The van der Waals surface area contributed by atoms with Crippen molar-refractivity contribution in [3.63, 3.8) is 0 Å². The fourth-order valence-corrected chi connectivity index (χ4v) is 3.93. The van der Waals surface area contributed by atoms with Gasteiger partial charge >= 0.3 is 0 Å². The van der Waals surface area contributed by atoms with Crippen LogP contribution in [-0.2, 0) is 6.42 Å². The first-order valence-electron chi connectivity index (χ1n) is 7.51. The van der Waals surface area contributed by atoms with Crippen molar-refractivity contribution < 1.29 is 18.7 Å². The molecule has 0 saturated carbocycles. The first kappa shape index (κ1) is 15.1. The maximum Gasteiger partial charge on any atom is 0.257 e. The third kappa shape index (κ3) is 2.43. The van der Waals surface area contributed by atoms with Gasteiger partial charge in [-0.3, -0.25) is 4.79 Å². The standard InChI is InChI=1S/C18H15NO4S/c1-21-14-7-10-8-16(17(20)11(10)9-15(14)22-2)24-18-19-12-5-3-4-6-13(12)23-18/h3-7,9,16H,8H2,1-2H3. The number of thioether (sulfide) groups is 1. The zero-order valence-corrected chi connectivity index (χ0v) is 14.1. The first-order valence-corrected chi connectivity index (χ1v) is 8.39. The topological polar surface area (TPSA) is 61.6 Å². The molecule has 1 aliphatic carbocycles. The number of hydrogen-bond acceptors (Lipinski definition) is 6. The van der Waals surface area contributed by atoms with Crippen LogP contribution in [-0.4, -0.2) is 30.2 Å². The molecule has 6 heteroatoms. The largest absolute Gasteiger partial charge is 0.493 e. The van der Waals surface area contributed by atoms with E-state index in [4.69, 9.17) is 13.9 Å². The van der Waals surface area contributed by atoms with Crippen LogP contribution in [0.15, 0.2) is 46.0 Å². The summed E-state index contributed by atoms with van der Waals surface area (Å²) < 4.78 is 16.3. The molecule has 1 heterocycles. The molecule has 2 aromatic carbocycles. The number of carbonyl (C=O) groups is 1. The Kier molecular flexibility index (Phi) is 3.69. The number of fused-ring (bicyclic) bond motifs is 2. The summed E-state index contributed by atoms with van der Waals surface area (Å²) in [6, 6.07) is 11.2. The molecule has 0 N–H and O–H groups in total. The number of Topliss-reactive ketones (excluding diaryl/α,β-unsaturated/α-hetero) is 1. The number of para-hydroxylation sites is 2. The van der Waals surface area contributed by atoms with Crippen molar-refractivity contribution in [2.45, 2.75) is 16.9 Å². The van der Waals surface area contributed by atoms with Gasteiger partial charge in [-0.1, -0.05) is 23.9 Å². The lowest BCUT2D eigenvalue weighted by molar-refractivity contribution is 0.0999. The van der Waals surface area contributed by atoms with Crippen molar-refractivity contribution in [2.75, 3.05) is 14.2 Å². The van der Waals surface area contributed by atoms with Crippen molar-refractivity contribution in [1.82, 2.24) is 4.98 Å². The molecule has 0 spiro atoms. The van der Waals surface area contributed by atoms with Crippen LogP contribution in [0.2, 0.25) is 0 Å². The molecular weight excluding hydrogens is 326 g/mol. The van der Waals surface area contributed by atoms with Crippen LogP contribution >= 0.6 is 11.8 Å². The van der Waals surface area contributed by atoms with Crippen LogP contribution in [0.25, 0.3) is 11.1 Å². The molecule has 1 aromatic heterocycles. The SMILES string of the molecule is COc1cc2c(cc1OC)C(=O)C(Sc1nc3ccccc3o1)C2. The molecule has 1 aliphatic rings. The molecular formula is C18H15NO4S. The third-order valence-electron chi connectivity index (χ3n) is 4.09. The van der Waals surface area contributed by atoms with Gasteiger partial charge in [-0.05, 0) is 36.2 Å². The van der Waals surface area contributed by atoms with E-state index < -0.39 is 0 Å². The number of rotatable bonds is 4. The van der Waals surface area contributed by atoms with Gasteiger partial charge in [0.15, 0.2) is 22.9 Å². The minimum atomic E-state index is -0.245. The van der Waals surface area contributed by atoms with Gasteiger partial charge in [0.05, 0.1) is 19.5 Å². The summed E-state index contributed by atoms with van der Waals surface area (Å²) in [6.07, 6.45) is 0.623. The molecule has 0 radical (unpaired) electrons. The van der Waals surface area contributed by atoms with Crippen molar-refractivity contribution in [3.8, 4) is 11.5 Å². The second-order valence-electron chi connectivity index (χ2n) is 5.49. The lowest BCUT2D eigenvalue weighted by atomic mass is 10.1. The number of hydrogen-bond donors (Lipinski definition) is 0. The highest BCUT2D eigenvalue weighted by molar-refractivity contribution is 8.00. The van der Waals surface area contributed by atoms with Crippen molar-refractivity contribution in [3.05, 3.63) is 47.5 Å². The van der Waals surface area contributed by atoms with Gasteiger partial charge in [-0.15, -0.1) is 0 Å². The normalized spacial score (nSPS) is 16.4. The molecule has 4 rings (SSSR count). The quantitative estimate of drug-likeness (QED) is 0.720. The minimum Gasteiger partial charge on any atom is -0.493 e. The Bertz CT molecular complexity index is 901. The molecule has 122 valence electrons. The Hall–Kier alpha value is -2.47. The zero-order valence-electron chi connectivity index (χ0n) is 13.2. The summed E-state index contributed by atoms with van der Waals surface area (Å²) in [6.45, 7) is 0. The van der Waals surface area contributed by atoms with Gasteiger partial charge in [0.2, 0.25) is 0 Å². The second-order valence-corrected chi connectivity index (χ2v) is 6.64. The van der Waals surface area contributed by atoms with Crippen LogP contribution in [0.1, 0.15) is 15.9 Å². The van der Waals surface area contributed by atoms with Gasteiger partial charge in [-0.25, -0.2) is 4.98 Å². The van der Waals surface area contributed by atoms with E-state index in [1.807, 2.05) is 30.3 Å². The Morgan fingerprint density at radius 2 is 1.92 bits per heavy atom. The number of benzene rings is 2. The molecule has 0 fully saturated rings. The summed E-state index contributed by atoms with van der Waals surface area (Å²) in [5, 5.41) is 0.270. The molecule has 3 aromatic rings. The highest BCUT2D eigenvalue weighted by Gasteiger charge is 2.34. The Morgan fingerprint density at radius 1 is 1.17 bits per heavy atom. The van der Waals surface area contributed by atoms with Crippen molar-refractivity contribution in [2.24, 2.45) is 0 Å². The summed E-state index contributed by atoms with van der Waals surface area (Å²) in [7, 11) is 3.15. The number of oxazole rings is 1. The van der Waals surface area contributed by atoms with Crippen LogP contribution in [0.3, 0.4) is 0 Å². The van der Waals surface area contributed by atoms with Gasteiger partial charge in [0.25, 0.3) is 5.22 Å². The van der Waals surface area contributed by atoms with E-state index in [-0.39, 0.29) is 11.0 Å². The smallest absolute Gasteiger partial charge is 0.257 e. The number of ether oxygens (including phenoxy) is 2. The zero-order chi connectivity index (χ0) is 16.7. The highest BCUT2D eigenvalue weighted by atomic mass is 32.2. The maximum atomic E-state index is 12.7. The Balaban J connectivity index is 1.62. The van der Waals surface area contributed by atoms with E-state index in [0.717, 1.165) is 16.7 Å². The highest BCUT2D eigenvalue weighted by Crippen LogP contribution is 2.40. The van der Waals surface area contributed by atoms with E-state index in [9.17, 15) is 4.79 Å². The average molecular weight is 341 g/mol. The van der Waals surface area contributed by atoms with Crippen molar-refractivity contribution >= 4 is 28.6 Å². The third-order valence-corrected chi connectivity index (χ3v) is 5.13. The van der Waals surface area contributed by atoms with E-state index in [1.54, 1.807) is 20.3 Å². The molecule has 1 unspecified atom stereocenters. The lowest BCUT2D eigenvalue weighted by Crippen LogP contribution is -2.11. The molecule has 0 amide bonds. The predicted molar refractivity (Wildman–Crippen MR) is 91.2 cm³/mol. The minimum absolute atomic E-state index is 0.0678. The van der Waals surface area contributed by atoms with Crippen molar-refractivity contribution in [1.29, 1.82) is 0 Å². The molecule has 0 bridgehead atoms. The number of nitrogens with zero attached hydrogens (tertiary/aromatic N) is 1. The summed E-state index contributed by atoms with van der Waals surface area (Å²) in [5.41, 5.74) is 3.17. The van der Waals surface area contributed by atoms with Crippen LogP contribution in [0.5, 0.6) is 11.5 Å². The van der Waals surface area contributed by atoms with E-state index in [1.165, 1.54) is 11.8 Å². The molecule has 24 heavy (non-hydrogen) atoms. The second kappa shape index (κ2) is 5.87. The van der Waals surface area contributed by atoms with Gasteiger partial charge in [0.1, 0.15) is 5.52 Å². The number of ketones is 1. The molecule has 5 nitrogen and oxygen atoms in total. The van der Waals surface area contributed by atoms with E-state index >= 15 is 0 Å². The van der Waals surface area contributed by atoms with Gasteiger partial charge in [0, 0.05) is 5.56 Å². The van der Waals surface area contributed by atoms with Crippen LogP contribution in [0, 0.1) is 0 Å². The summed E-state index contributed by atoms with van der Waals surface area (Å²) >= 11 is 1.36. The summed E-state index contributed by atoms with van der Waals surface area (Å²) in [5.74, 6) is 1.27. The fourth-order valence-electron chi connectivity index (χ4n) is 2.90. The fraction of sp³-hybridized carbons (Fsp3) is 0.222. The molecule has 0 aliphatic heterocycles. The maximum absolute atomic E-state index is 12.7.